The number of hydrogen-bond acceptors (Lipinski definition) is 5. The summed E-state index contributed by atoms with van der Waals surface area (Å²) in [5.74, 6) is 3.59. The van der Waals surface area contributed by atoms with Crippen molar-refractivity contribution >= 4 is 38.6 Å². The van der Waals surface area contributed by atoms with Gasteiger partial charge in [-0.25, -0.2) is 15.0 Å². The molecule has 272 valence electrons. The summed E-state index contributed by atoms with van der Waals surface area (Å²) in [6, 6.07) is 71.5. The number of benzene rings is 9. The molecular formula is C53H34N4O. The first-order valence-electron chi connectivity index (χ1n) is 19.4. The Hall–Kier alpha value is -7.89. The van der Waals surface area contributed by atoms with E-state index in [2.05, 4.69) is 150 Å². The van der Waals surface area contributed by atoms with Gasteiger partial charge in [-0.15, -0.1) is 0 Å². The quantitative estimate of drug-likeness (QED) is 0.163. The van der Waals surface area contributed by atoms with E-state index in [-0.39, 0.29) is 0 Å². The van der Waals surface area contributed by atoms with Gasteiger partial charge in [0.15, 0.2) is 17.5 Å². The third kappa shape index (κ3) is 5.76. The van der Waals surface area contributed by atoms with Gasteiger partial charge in [-0.1, -0.05) is 152 Å². The molecule has 0 atom stereocenters. The molecule has 0 bridgehead atoms. The van der Waals surface area contributed by atoms with Crippen LogP contribution in [0.3, 0.4) is 0 Å². The van der Waals surface area contributed by atoms with E-state index >= 15 is 0 Å². The van der Waals surface area contributed by atoms with Crippen LogP contribution in [0, 0.1) is 0 Å². The molecule has 1 aliphatic rings. The summed E-state index contributed by atoms with van der Waals surface area (Å²) in [5.41, 5.74) is 10.5. The highest BCUT2D eigenvalue weighted by atomic mass is 16.5. The Morgan fingerprint density at radius 1 is 0.328 bits per heavy atom. The lowest BCUT2D eigenvalue weighted by Crippen LogP contribution is -2.11. The maximum Gasteiger partial charge on any atom is 0.164 e. The number of aromatic nitrogens is 3. The molecule has 0 radical (unpaired) electrons. The maximum atomic E-state index is 6.83. The molecule has 0 amide bonds. The van der Waals surface area contributed by atoms with E-state index in [4.69, 9.17) is 19.7 Å². The largest absolute Gasteiger partial charge is 0.456 e. The van der Waals surface area contributed by atoms with Crippen molar-refractivity contribution in [2.75, 3.05) is 4.90 Å². The summed E-state index contributed by atoms with van der Waals surface area (Å²) >= 11 is 0. The molecule has 2 heterocycles. The van der Waals surface area contributed by atoms with Crippen molar-refractivity contribution in [3.05, 3.63) is 206 Å². The summed E-state index contributed by atoms with van der Waals surface area (Å²) in [6.07, 6.45) is 0. The average molecular weight is 743 g/mol. The minimum Gasteiger partial charge on any atom is -0.456 e. The Bertz CT molecular complexity index is 3040. The molecule has 0 aliphatic carbocycles. The Kier molecular flexibility index (Phi) is 8.07. The molecule has 0 fully saturated rings. The minimum absolute atomic E-state index is 0.631. The van der Waals surface area contributed by atoms with Crippen LogP contribution in [0.15, 0.2) is 206 Å². The molecular weight excluding hydrogens is 709 g/mol. The number of rotatable bonds is 7. The predicted molar refractivity (Wildman–Crippen MR) is 237 cm³/mol. The lowest BCUT2D eigenvalue weighted by molar-refractivity contribution is 0.487. The first-order chi connectivity index (χ1) is 28.8. The van der Waals surface area contributed by atoms with Crippen LogP contribution >= 0.6 is 0 Å². The molecule has 1 aromatic heterocycles. The van der Waals surface area contributed by atoms with Gasteiger partial charge in [-0.05, 0) is 82.1 Å². The third-order valence-electron chi connectivity index (χ3n) is 10.9. The van der Waals surface area contributed by atoms with Crippen molar-refractivity contribution in [1.29, 1.82) is 0 Å². The average Bonchev–Trinajstić information content (AvgIpc) is 3.30. The van der Waals surface area contributed by atoms with E-state index < -0.39 is 0 Å². The van der Waals surface area contributed by atoms with Crippen LogP contribution in [-0.4, -0.2) is 15.0 Å². The van der Waals surface area contributed by atoms with Crippen molar-refractivity contribution in [3.63, 3.8) is 0 Å². The molecule has 0 unspecified atom stereocenters. The lowest BCUT2D eigenvalue weighted by Gasteiger charge is -2.29. The van der Waals surface area contributed by atoms with E-state index in [0.29, 0.717) is 17.5 Å². The molecule has 0 saturated carbocycles. The van der Waals surface area contributed by atoms with Crippen LogP contribution in [0.25, 0.3) is 78.0 Å². The number of fused-ring (bicyclic) bond motifs is 3. The highest BCUT2D eigenvalue weighted by molar-refractivity contribution is 6.11. The van der Waals surface area contributed by atoms with Crippen LogP contribution in [0.5, 0.6) is 11.5 Å². The zero-order chi connectivity index (χ0) is 38.4. The van der Waals surface area contributed by atoms with Gasteiger partial charge in [-0.2, -0.15) is 0 Å². The van der Waals surface area contributed by atoms with Gasteiger partial charge in [0.25, 0.3) is 0 Å². The number of anilines is 3. The fourth-order valence-electron chi connectivity index (χ4n) is 8.23. The Balaban J connectivity index is 1.02. The van der Waals surface area contributed by atoms with E-state index in [0.717, 1.165) is 89.1 Å². The molecule has 5 nitrogen and oxygen atoms in total. The van der Waals surface area contributed by atoms with E-state index in [9.17, 15) is 0 Å². The molecule has 1 aliphatic heterocycles. The van der Waals surface area contributed by atoms with Crippen molar-refractivity contribution in [3.8, 4) is 67.9 Å². The monoisotopic (exact) mass is 742 g/mol. The van der Waals surface area contributed by atoms with Crippen molar-refractivity contribution < 1.29 is 4.74 Å². The molecule has 0 spiro atoms. The topological polar surface area (TPSA) is 51.1 Å². The molecule has 0 saturated heterocycles. The van der Waals surface area contributed by atoms with Crippen molar-refractivity contribution in [2.45, 2.75) is 0 Å². The summed E-state index contributed by atoms with van der Waals surface area (Å²) in [6.45, 7) is 0. The first-order valence-corrected chi connectivity index (χ1v) is 19.4. The second-order valence-corrected chi connectivity index (χ2v) is 14.4. The summed E-state index contributed by atoms with van der Waals surface area (Å²) in [7, 11) is 0. The fourth-order valence-corrected chi connectivity index (χ4v) is 8.23. The SMILES string of the molecule is c1ccc(-c2nc(-c3ccccc3)nc(-c3ccc(-c4ccc5c(c4)Oc4ccc(N(c6ccccc6)c6ccccc6)c6cccc-5c46)c4ccccc34)n2)cc1. The second kappa shape index (κ2) is 14.0. The van der Waals surface area contributed by atoms with Gasteiger partial charge < -0.3 is 9.64 Å². The van der Waals surface area contributed by atoms with Gasteiger partial charge in [0.05, 0.1) is 5.69 Å². The van der Waals surface area contributed by atoms with E-state index in [1.54, 1.807) is 0 Å². The Morgan fingerprint density at radius 3 is 1.48 bits per heavy atom. The third-order valence-corrected chi connectivity index (χ3v) is 10.9. The minimum atomic E-state index is 0.631. The molecule has 58 heavy (non-hydrogen) atoms. The lowest BCUT2D eigenvalue weighted by atomic mass is 9.90. The van der Waals surface area contributed by atoms with Gasteiger partial charge in [0.1, 0.15) is 11.5 Å². The van der Waals surface area contributed by atoms with Crippen molar-refractivity contribution in [2.24, 2.45) is 0 Å². The van der Waals surface area contributed by atoms with Crippen LogP contribution in [0.4, 0.5) is 17.1 Å². The highest BCUT2D eigenvalue weighted by Gasteiger charge is 2.25. The summed E-state index contributed by atoms with van der Waals surface area (Å²) in [4.78, 5) is 17.3. The summed E-state index contributed by atoms with van der Waals surface area (Å²) < 4.78 is 6.83. The summed E-state index contributed by atoms with van der Waals surface area (Å²) in [5, 5.41) is 4.40. The molecule has 9 aromatic carbocycles. The van der Waals surface area contributed by atoms with Crippen LogP contribution < -0.4 is 9.64 Å². The number of ether oxygens (including phenoxy) is 1. The van der Waals surface area contributed by atoms with Crippen LogP contribution in [0.2, 0.25) is 0 Å². The number of nitrogens with zero attached hydrogens (tertiary/aromatic N) is 4. The van der Waals surface area contributed by atoms with E-state index in [1.807, 2.05) is 60.7 Å². The molecule has 0 N–H and O–H groups in total. The first kappa shape index (κ1) is 33.4. The zero-order valence-corrected chi connectivity index (χ0v) is 31.3. The van der Waals surface area contributed by atoms with Gasteiger partial charge in [-0.3, -0.25) is 0 Å². The van der Waals surface area contributed by atoms with E-state index in [1.165, 1.54) is 0 Å². The number of para-hydroxylation sites is 2. The van der Waals surface area contributed by atoms with Crippen LogP contribution in [0.1, 0.15) is 0 Å². The standard InChI is InChI=1S/C53H34N4O/c1-5-16-35(17-6-1)51-54-52(36-18-7-2-8-19-36)56-53(55-51)45-31-30-40(41-24-13-14-25-42(41)45)37-28-29-43-44-26-15-27-46-47(32-33-48(50(44)46)58-49(43)34-37)57(38-20-9-3-10-21-38)39-22-11-4-12-23-39/h1-34H. The molecule has 11 rings (SSSR count). The zero-order valence-electron chi connectivity index (χ0n) is 31.3. The highest BCUT2D eigenvalue weighted by Crippen LogP contribution is 2.51. The normalized spacial score (nSPS) is 11.6. The Labute approximate surface area is 336 Å². The molecule has 5 heteroatoms. The fraction of sp³-hybridized carbons (Fsp3) is 0. The second-order valence-electron chi connectivity index (χ2n) is 14.4. The van der Waals surface area contributed by atoms with Gasteiger partial charge >= 0.3 is 0 Å². The van der Waals surface area contributed by atoms with Gasteiger partial charge in [0, 0.05) is 44.4 Å². The maximum absolute atomic E-state index is 6.83. The predicted octanol–water partition coefficient (Wildman–Crippen LogP) is 14.1. The number of hydrogen-bond donors (Lipinski definition) is 0. The smallest absolute Gasteiger partial charge is 0.164 e. The van der Waals surface area contributed by atoms with Crippen LogP contribution in [-0.2, 0) is 0 Å². The van der Waals surface area contributed by atoms with Crippen molar-refractivity contribution in [1.82, 2.24) is 15.0 Å². The van der Waals surface area contributed by atoms with Gasteiger partial charge in [0.2, 0.25) is 0 Å². The Morgan fingerprint density at radius 2 is 0.845 bits per heavy atom. The molecule has 10 aromatic rings.